The molecule has 1 atom stereocenters. The van der Waals surface area contributed by atoms with Crippen molar-refractivity contribution in [2.24, 2.45) is 5.73 Å². The van der Waals surface area contributed by atoms with Crippen molar-refractivity contribution in [1.82, 2.24) is 0 Å². The highest BCUT2D eigenvalue weighted by atomic mass is 16.5. The number of nitrogens with two attached hydrogens (primary N) is 1. The normalized spacial score (nSPS) is 12.2. The number of para-hydroxylation sites is 1. The van der Waals surface area contributed by atoms with Crippen LogP contribution in [-0.4, -0.2) is 7.11 Å². The maximum Gasteiger partial charge on any atom is 0.126 e. The molecule has 0 amide bonds. The summed E-state index contributed by atoms with van der Waals surface area (Å²) in [6.45, 7) is 4.10. The number of rotatable bonds is 3. The molecule has 2 aromatic rings. The Morgan fingerprint density at radius 3 is 2.44 bits per heavy atom. The van der Waals surface area contributed by atoms with Crippen LogP contribution in [0.4, 0.5) is 0 Å². The molecule has 0 radical (unpaired) electrons. The molecule has 0 saturated carbocycles. The van der Waals surface area contributed by atoms with E-state index in [2.05, 4.69) is 31.2 Å². The Morgan fingerprint density at radius 1 is 1.06 bits per heavy atom. The van der Waals surface area contributed by atoms with E-state index in [4.69, 9.17) is 10.5 Å². The van der Waals surface area contributed by atoms with Crippen LogP contribution in [0.1, 0.15) is 24.1 Å². The molecule has 94 valence electrons. The molecule has 0 heterocycles. The van der Waals surface area contributed by atoms with Crippen LogP contribution in [-0.2, 0) is 0 Å². The summed E-state index contributed by atoms with van der Waals surface area (Å²) >= 11 is 0. The Labute approximate surface area is 108 Å². The number of ether oxygens (including phenoxy) is 1. The standard InChI is InChI=1S/C16H19NO/c1-11-8-9-13(12(2)17)10-15(11)14-6-4-5-7-16(14)18-3/h4-10,12H,17H2,1-3H3. The van der Waals surface area contributed by atoms with Crippen LogP contribution >= 0.6 is 0 Å². The molecule has 0 saturated heterocycles. The predicted molar refractivity (Wildman–Crippen MR) is 75.8 cm³/mol. The fourth-order valence-electron chi connectivity index (χ4n) is 2.08. The summed E-state index contributed by atoms with van der Waals surface area (Å²) in [5, 5.41) is 0. The van der Waals surface area contributed by atoms with Gasteiger partial charge in [-0.1, -0.05) is 30.3 Å². The summed E-state index contributed by atoms with van der Waals surface area (Å²) < 4.78 is 5.42. The van der Waals surface area contributed by atoms with Gasteiger partial charge in [-0.25, -0.2) is 0 Å². The molecule has 0 aliphatic rings. The van der Waals surface area contributed by atoms with Crippen LogP contribution in [0.3, 0.4) is 0 Å². The van der Waals surface area contributed by atoms with Gasteiger partial charge < -0.3 is 10.5 Å². The second kappa shape index (κ2) is 5.23. The molecule has 2 heteroatoms. The number of aryl methyl sites for hydroxylation is 1. The van der Waals surface area contributed by atoms with E-state index >= 15 is 0 Å². The fraction of sp³-hybridized carbons (Fsp3) is 0.250. The maximum absolute atomic E-state index is 5.95. The van der Waals surface area contributed by atoms with Gasteiger partial charge in [0.05, 0.1) is 7.11 Å². The molecule has 18 heavy (non-hydrogen) atoms. The van der Waals surface area contributed by atoms with E-state index in [0.29, 0.717) is 0 Å². The van der Waals surface area contributed by atoms with E-state index in [1.165, 1.54) is 11.1 Å². The Balaban J connectivity index is 2.59. The van der Waals surface area contributed by atoms with Crippen molar-refractivity contribution in [2.75, 3.05) is 7.11 Å². The van der Waals surface area contributed by atoms with E-state index in [0.717, 1.165) is 16.9 Å². The highest BCUT2D eigenvalue weighted by Crippen LogP contribution is 2.33. The number of methoxy groups -OCH3 is 1. The maximum atomic E-state index is 5.95. The van der Waals surface area contributed by atoms with E-state index < -0.39 is 0 Å². The second-order valence-corrected chi connectivity index (χ2v) is 4.56. The van der Waals surface area contributed by atoms with Gasteiger partial charge in [0.2, 0.25) is 0 Å². The topological polar surface area (TPSA) is 35.2 Å². The van der Waals surface area contributed by atoms with E-state index in [-0.39, 0.29) is 6.04 Å². The zero-order valence-corrected chi connectivity index (χ0v) is 11.1. The largest absolute Gasteiger partial charge is 0.496 e. The number of benzene rings is 2. The summed E-state index contributed by atoms with van der Waals surface area (Å²) in [7, 11) is 1.70. The van der Waals surface area contributed by atoms with E-state index in [1.807, 2.05) is 25.1 Å². The van der Waals surface area contributed by atoms with Gasteiger partial charge in [-0.2, -0.15) is 0 Å². The Bertz CT molecular complexity index is 547. The SMILES string of the molecule is COc1ccccc1-c1cc(C(C)N)ccc1C. The molecule has 0 aliphatic carbocycles. The molecule has 2 nitrogen and oxygen atoms in total. The molecule has 2 N–H and O–H groups in total. The van der Waals surface area contributed by atoms with Gasteiger partial charge in [-0.15, -0.1) is 0 Å². The van der Waals surface area contributed by atoms with Crippen molar-refractivity contribution in [3.63, 3.8) is 0 Å². The highest BCUT2D eigenvalue weighted by molar-refractivity contribution is 5.73. The summed E-state index contributed by atoms with van der Waals surface area (Å²) in [6, 6.07) is 14.4. The van der Waals surface area contributed by atoms with Crippen molar-refractivity contribution < 1.29 is 4.74 Å². The predicted octanol–water partition coefficient (Wildman–Crippen LogP) is 3.69. The average molecular weight is 241 g/mol. The Morgan fingerprint density at radius 2 is 1.78 bits per heavy atom. The van der Waals surface area contributed by atoms with Gasteiger partial charge in [0.15, 0.2) is 0 Å². The van der Waals surface area contributed by atoms with Gasteiger partial charge in [0, 0.05) is 11.6 Å². The van der Waals surface area contributed by atoms with Crippen molar-refractivity contribution in [1.29, 1.82) is 0 Å². The van der Waals surface area contributed by atoms with Crippen molar-refractivity contribution in [3.8, 4) is 16.9 Å². The summed E-state index contributed by atoms with van der Waals surface area (Å²) in [6.07, 6.45) is 0. The second-order valence-electron chi connectivity index (χ2n) is 4.56. The zero-order valence-electron chi connectivity index (χ0n) is 11.1. The first kappa shape index (κ1) is 12.7. The van der Waals surface area contributed by atoms with Gasteiger partial charge in [0.1, 0.15) is 5.75 Å². The third kappa shape index (κ3) is 2.39. The van der Waals surface area contributed by atoms with E-state index in [1.54, 1.807) is 7.11 Å². The first-order valence-corrected chi connectivity index (χ1v) is 6.13. The van der Waals surface area contributed by atoms with E-state index in [9.17, 15) is 0 Å². The minimum absolute atomic E-state index is 0.0408. The molecule has 2 rings (SSSR count). The number of hydrogen-bond donors (Lipinski definition) is 1. The first-order valence-electron chi connectivity index (χ1n) is 6.13. The molecule has 0 fully saturated rings. The zero-order chi connectivity index (χ0) is 13.1. The minimum Gasteiger partial charge on any atom is -0.496 e. The first-order chi connectivity index (χ1) is 8.63. The molecule has 2 aromatic carbocycles. The summed E-state index contributed by atoms with van der Waals surface area (Å²) in [4.78, 5) is 0. The van der Waals surface area contributed by atoms with Gasteiger partial charge in [-0.05, 0) is 42.7 Å². The Kier molecular flexibility index (Phi) is 3.68. The lowest BCUT2D eigenvalue weighted by atomic mass is 9.95. The third-order valence-electron chi connectivity index (χ3n) is 3.18. The summed E-state index contributed by atoms with van der Waals surface area (Å²) in [5.74, 6) is 0.891. The van der Waals surface area contributed by atoms with Gasteiger partial charge in [-0.3, -0.25) is 0 Å². The molecule has 0 spiro atoms. The lowest BCUT2D eigenvalue weighted by Crippen LogP contribution is -2.05. The average Bonchev–Trinajstić information content (AvgIpc) is 2.39. The van der Waals surface area contributed by atoms with Crippen LogP contribution in [0.25, 0.3) is 11.1 Å². The Hall–Kier alpha value is -1.80. The third-order valence-corrected chi connectivity index (χ3v) is 3.18. The molecule has 1 unspecified atom stereocenters. The van der Waals surface area contributed by atoms with Gasteiger partial charge in [0.25, 0.3) is 0 Å². The lowest BCUT2D eigenvalue weighted by Gasteiger charge is -2.14. The highest BCUT2D eigenvalue weighted by Gasteiger charge is 2.09. The van der Waals surface area contributed by atoms with Crippen LogP contribution < -0.4 is 10.5 Å². The van der Waals surface area contributed by atoms with Crippen LogP contribution in [0.2, 0.25) is 0 Å². The van der Waals surface area contributed by atoms with Crippen LogP contribution in [0.5, 0.6) is 5.75 Å². The number of hydrogen-bond acceptors (Lipinski definition) is 2. The van der Waals surface area contributed by atoms with Crippen LogP contribution in [0.15, 0.2) is 42.5 Å². The summed E-state index contributed by atoms with van der Waals surface area (Å²) in [5.41, 5.74) is 10.6. The lowest BCUT2D eigenvalue weighted by molar-refractivity contribution is 0.416. The smallest absolute Gasteiger partial charge is 0.126 e. The van der Waals surface area contributed by atoms with Gasteiger partial charge >= 0.3 is 0 Å². The minimum atomic E-state index is 0.0408. The molecule has 0 aliphatic heterocycles. The van der Waals surface area contributed by atoms with Crippen molar-refractivity contribution in [3.05, 3.63) is 53.6 Å². The molecule has 0 aromatic heterocycles. The fourth-order valence-corrected chi connectivity index (χ4v) is 2.08. The molecular formula is C16H19NO. The molecule has 0 bridgehead atoms. The van der Waals surface area contributed by atoms with Crippen LogP contribution in [0, 0.1) is 6.92 Å². The van der Waals surface area contributed by atoms with Crippen molar-refractivity contribution >= 4 is 0 Å². The van der Waals surface area contributed by atoms with Crippen molar-refractivity contribution in [2.45, 2.75) is 19.9 Å². The molecular weight excluding hydrogens is 222 g/mol. The quantitative estimate of drug-likeness (QED) is 0.889. The monoisotopic (exact) mass is 241 g/mol.